The molecule has 2 heteroatoms. The Morgan fingerprint density at radius 2 is 1.00 bits per heavy atom. The van der Waals surface area contributed by atoms with E-state index < -0.39 is 12.1 Å². The highest BCUT2D eigenvalue weighted by molar-refractivity contribution is 6.17. The number of para-hydroxylation sites is 2. The van der Waals surface area contributed by atoms with Crippen LogP contribution in [0.25, 0.3) is 99.1 Å². The fourth-order valence-electron chi connectivity index (χ4n) is 8.18. The Hall–Kier alpha value is -7.16. The van der Waals surface area contributed by atoms with Crippen LogP contribution in [0.3, 0.4) is 0 Å². The van der Waals surface area contributed by atoms with E-state index in [0.717, 1.165) is 60.5 Å². The van der Waals surface area contributed by atoms with Gasteiger partial charge in [0.25, 0.3) is 0 Å². The zero-order chi connectivity index (χ0) is 41.7. The first kappa shape index (κ1) is 24.2. The van der Waals surface area contributed by atoms with Gasteiger partial charge in [-0.3, -0.25) is 0 Å². The third-order valence-corrected chi connectivity index (χ3v) is 10.6. The van der Waals surface area contributed by atoms with E-state index >= 15 is 0 Å². The molecular formula is C52H34N2. The summed E-state index contributed by atoms with van der Waals surface area (Å²) in [5, 5.41) is 3.97. The second kappa shape index (κ2) is 12.2. The molecule has 0 unspecified atom stereocenters. The molecule has 0 amide bonds. The molecule has 0 N–H and O–H groups in total. The largest absolute Gasteiger partial charge is 0.309 e. The molecule has 9 aromatic carbocycles. The lowest BCUT2D eigenvalue weighted by atomic mass is 9.97. The predicted molar refractivity (Wildman–Crippen MR) is 229 cm³/mol. The molecule has 54 heavy (non-hydrogen) atoms. The van der Waals surface area contributed by atoms with Gasteiger partial charge in [0.1, 0.15) is 0 Å². The summed E-state index contributed by atoms with van der Waals surface area (Å²) in [6.45, 7) is 0. The molecule has 0 aliphatic carbocycles. The molecule has 0 saturated heterocycles. The van der Waals surface area contributed by atoms with Crippen molar-refractivity contribution < 1.29 is 9.60 Å². The van der Waals surface area contributed by atoms with Crippen LogP contribution in [-0.4, -0.2) is 9.13 Å². The Labute approximate surface area is 323 Å². The molecule has 2 nitrogen and oxygen atoms in total. The minimum Gasteiger partial charge on any atom is -0.309 e. The van der Waals surface area contributed by atoms with E-state index in [1.165, 1.54) is 0 Å². The van der Waals surface area contributed by atoms with E-state index in [1.54, 1.807) is 4.57 Å². The molecule has 11 rings (SSSR count). The van der Waals surface area contributed by atoms with Gasteiger partial charge in [-0.2, -0.15) is 0 Å². The van der Waals surface area contributed by atoms with Crippen molar-refractivity contribution in [1.82, 2.24) is 9.13 Å². The number of benzene rings is 9. The molecule has 0 saturated carbocycles. The number of hydrogen-bond acceptors (Lipinski definition) is 0. The van der Waals surface area contributed by atoms with Gasteiger partial charge in [0.05, 0.1) is 43.0 Å². The predicted octanol–water partition coefficient (Wildman–Crippen LogP) is 14.0. The van der Waals surface area contributed by atoms with E-state index in [9.17, 15) is 6.85 Å². The van der Waals surface area contributed by atoms with Crippen molar-refractivity contribution in [1.29, 1.82) is 0 Å². The smallest absolute Gasteiger partial charge is 0.0645 e. The molecular weight excluding hydrogens is 653 g/mol. The van der Waals surface area contributed by atoms with E-state index in [-0.39, 0.29) is 57.6 Å². The number of hydrogen-bond donors (Lipinski definition) is 0. The standard InChI is InChI=1S/C52H34N2/c1-3-15-35(16-4-1)40-22-9-11-25-46(40)54-50-32-30-39(34-45(50)52-42(24-14-28-51(52)54)37-17-5-2-6-18-37)38-29-31-49-44(33-38)43-23-10-12-26-48(43)53(49)47-27-13-20-36-19-7-8-21-41(36)47/h1-34H/i10D,12D,23D,26D,29D,31D,33D. The topological polar surface area (TPSA) is 9.86 Å². The van der Waals surface area contributed by atoms with E-state index in [2.05, 4.69) is 59.2 Å². The Balaban J connectivity index is 1.26. The summed E-state index contributed by atoms with van der Waals surface area (Å²) < 4.78 is 69.1. The van der Waals surface area contributed by atoms with Gasteiger partial charge in [-0.25, -0.2) is 0 Å². The molecule has 11 aromatic rings. The maximum Gasteiger partial charge on any atom is 0.0645 e. The van der Waals surface area contributed by atoms with Gasteiger partial charge in [-0.05, 0) is 81.7 Å². The summed E-state index contributed by atoms with van der Waals surface area (Å²) in [4.78, 5) is 0. The van der Waals surface area contributed by atoms with Crippen molar-refractivity contribution in [3.8, 4) is 44.8 Å². The van der Waals surface area contributed by atoms with Gasteiger partial charge in [0.15, 0.2) is 0 Å². The first-order chi connectivity index (χ1) is 29.7. The average molecular weight is 694 g/mol. The van der Waals surface area contributed by atoms with E-state index in [1.807, 2.05) is 109 Å². The number of aromatic nitrogens is 2. The molecule has 0 atom stereocenters. The summed E-state index contributed by atoms with van der Waals surface area (Å²) in [7, 11) is 0. The van der Waals surface area contributed by atoms with Crippen molar-refractivity contribution >= 4 is 54.4 Å². The summed E-state index contributed by atoms with van der Waals surface area (Å²) in [5.41, 5.74) is 8.86. The van der Waals surface area contributed by atoms with Crippen LogP contribution in [-0.2, 0) is 0 Å². The van der Waals surface area contributed by atoms with E-state index in [4.69, 9.17) is 2.74 Å². The van der Waals surface area contributed by atoms with Gasteiger partial charge in [0.2, 0.25) is 0 Å². The molecule has 252 valence electrons. The molecule has 0 aliphatic heterocycles. The van der Waals surface area contributed by atoms with Crippen molar-refractivity contribution in [2.24, 2.45) is 0 Å². The molecule has 0 spiro atoms. The maximum atomic E-state index is 9.96. The van der Waals surface area contributed by atoms with Gasteiger partial charge >= 0.3 is 0 Å². The van der Waals surface area contributed by atoms with Crippen LogP contribution in [0.4, 0.5) is 0 Å². The summed E-state index contributed by atoms with van der Waals surface area (Å²) in [6.07, 6.45) is 0. The SMILES string of the molecule is [2H]c1c([2H])c([2H])c2c(c1[2H])c1c([2H])c(-c3ccc4c(c3)c3c(-c5ccccc5)cccc3n4-c3ccccc3-c3ccccc3)c([2H])c([2H])c1n2-c1cccc2ccccc12. The lowest BCUT2D eigenvalue weighted by molar-refractivity contribution is 1.18. The van der Waals surface area contributed by atoms with Gasteiger partial charge in [-0.15, -0.1) is 0 Å². The first-order valence-electron chi connectivity index (χ1n) is 21.5. The van der Waals surface area contributed by atoms with Crippen LogP contribution in [0, 0.1) is 0 Å². The molecule has 0 fully saturated rings. The van der Waals surface area contributed by atoms with Crippen molar-refractivity contribution in [3.05, 3.63) is 206 Å². The van der Waals surface area contributed by atoms with Crippen molar-refractivity contribution in [2.45, 2.75) is 0 Å². The monoisotopic (exact) mass is 693 g/mol. The zero-order valence-corrected chi connectivity index (χ0v) is 29.0. The first-order valence-corrected chi connectivity index (χ1v) is 18.0. The number of rotatable bonds is 5. The highest BCUT2D eigenvalue weighted by Crippen LogP contribution is 2.43. The van der Waals surface area contributed by atoms with Crippen LogP contribution in [0.1, 0.15) is 9.60 Å². The fourth-order valence-corrected chi connectivity index (χ4v) is 8.18. The Kier molecular flexibility index (Phi) is 5.47. The third-order valence-electron chi connectivity index (χ3n) is 10.6. The molecule has 0 bridgehead atoms. The normalized spacial score (nSPS) is 13.5. The highest BCUT2D eigenvalue weighted by Gasteiger charge is 2.20. The number of nitrogens with zero attached hydrogens (tertiary/aromatic N) is 2. The van der Waals surface area contributed by atoms with Gasteiger partial charge in [-0.1, -0.05) is 158 Å². The van der Waals surface area contributed by atoms with Crippen molar-refractivity contribution in [2.75, 3.05) is 0 Å². The highest BCUT2D eigenvalue weighted by atomic mass is 15.0. The summed E-state index contributed by atoms with van der Waals surface area (Å²) >= 11 is 0. The fraction of sp³-hybridized carbons (Fsp3) is 0. The lowest BCUT2D eigenvalue weighted by Crippen LogP contribution is -1.97. The van der Waals surface area contributed by atoms with Crippen LogP contribution in [0.2, 0.25) is 0 Å². The van der Waals surface area contributed by atoms with Crippen LogP contribution >= 0.6 is 0 Å². The second-order valence-electron chi connectivity index (χ2n) is 13.5. The summed E-state index contributed by atoms with van der Waals surface area (Å²) in [6, 6.07) is 52.7. The Morgan fingerprint density at radius 1 is 0.352 bits per heavy atom. The lowest BCUT2D eigenvalue weighted by Gasteiger charge is -2.14. The maximum absolute atomic E-state index is 9.96. The third kappa shape index (κ3) is 4.67. The minimum absolute atomic E-state index is 0.0780. The zero-order valence-electron chi connectivity index (χ0n) is 36.0. The summed E-state index contributed by atoms with van der Waals surface area (Å²) in [5.74, 6) is 0. The molecule has 0 aliphatic rings. The Bertz CT molecular complexity index is 3600. The van der Waals surface area contributed by atoms with E-state index in [0.29, 0.717) is 11.3 Å². The molecule has 2 heterocycles. The average Bonchev–Trinajstić information content (AvgIpc) is 3.84. The minimum atomic E-state index is -0.421. The quantitative estimate of drug-likeness (QED) is 0.170. The number of fused-ring (bicyclic) bond motifs is 7. The Morgan fingerprint density at radius 3 is 1.87 bits per heavy atom. The van der Waals surface area contributed by atoms with Crippen LogP contribution in [0.5, 0.6) is 0 Å². The molecule has 0 radical (unpaired) electrons. The van der Waals surface area contributed by atoms with Crippen molar-refractivity contribution in [3.63, 3.8) is 0 Å². The molecule has 2 aromatic heterocycles. The van der Waals surface area contributed by atoms with Gasteiger partial charge < -0.3 is 9.13 Å². The van der Waals surface area contributed by atoms with Gasteiger partial charge in [0, 0.05) is 32.5 Å². The van der Waals surface area contributed by atoms with Crippen LogP contribution in [0.15, 0.2) is 206 Å². The second-order valence-corrected chi connectivity index (χ2v) is 13.5. The van der Waals surface area contributed by atoms with Crippen LogP contribution < -0.4 is 0 Å².